The fourth-order valence-electron chi connectivity index (χ4n) is 2.91. The second-order valence-corrected chi connectivity index (χ2v) is 6.11. The average molecular weight is 315 g/mol. The second-order valence-electron chi connectivity index (χ2n) is 6.11. The minimum Gasteiger partial charge on any atom is -0.349 e. The lowest BCUT2D eigenvalue weighted by molar-refractivity contribution is 0.0937. The Labute approximate surface area is 134 Å². The molecule has 2 aromatic heterocycles. The summed E-state index contributed by atoms with van der Waals surface area (Å²) in [4.78, 5) is 31.4. The van der Waals surface area contributed by atoms with Gasteiger partial charge >= 0.3 is 0 Å². The maximum atomic E-state index is 12.4. The van der Waals surface area contributed by atoms with Crippen LogP contribution in [0.1, 0.15) is 53.0 Å². The van der Waals surface area contributed by atoms with E-state index in [0.717, 1.165) is 25.7 Å². The number of carbonyl (C=O) groups is 1. The van der Waals surface area contributed by atoms with Crippen LogP contribution in [0.15, 0.2) is 11.0 Å². The molecule has 0 spiro atoms. The van der Waals surface area contributed by atoms with Crippen molar-refractivity contribution in [2.75, 3.05) is 0 Å². The molecule has 0 atom stereocenters. The zero-order valence-electron chi connectivity index (χ0n) is 13.6. The van der Waals surface area contributed by atoms with Crippen LogP contribution in [0.5, 0.6) is 0 Å². The Morgan fingerprint density at radius 1 is 1.30 bits per heavy atom. The first-order chi connectivity index (χ1) is 11.0. The molecular weight excluding hydrogens is 294 g/mol. The molecule has 7 nitrogen and oxygen atoms in total. The molecule has 0 aliphatic heterocycles. The predicted molar refractivity (Wildman–Crippen MR) is 85.9 cm³/mol. The van der Waals surface area contributed by atoms with E-state index < -0.39 is 0 Å². The highest BCUT2D eigenvalue weighted by molar-refractivity contribution is 5.95. The van der Waals surface area contributed by atoms with E-state index in [4.69, 9.17) is 0 Å². The van der Waals surface area contributed by atoms with Gasteiger partial charge in [0, 0.05) is 17.3 Å². The van der Waals surface area contributed by atoms with E-state index in [1.165, 1.54) is 10.9 Å². The number of aromatic nitrogens is 4. The van der Waals surface area contributed by atoms with Crippen LogP contribution in [0, 0.1) is 20.8 Å². The van der Waals surface area contributed by atoms with Crippen molar-refractivity contribution in [1.82, 2.24) is 25.1 Å². The number of amides is 1. The number of H-pyrrole nitrogens is 1. The van der Waals surface area contributed by atoms with Gasteiger partial charge in [-0.25, -0.2) is 9.67 Å². The number of aromatic amines is 1. The summed E-state index contributed by atoms with van der Waals surface area (Å²) >= 11 is 0. The summed E-state index contributed by atoms with van der Waals surface area (Å²) in [5.74, 6) is 0.211. The molecule has 1 saturated carbocycles. The van der Waals surface area contributed by atoms with E-state index in [9.17, 15) is 9.59 Å². The van der Waals surface area contributed by atoms with Crippen LogP contribution in [0.2, 0.25) is 0 Å². The predicted octanol–water partition coefficient (Wildman–Crippen LogP) is 1.55. The number of nitrogens with one attached hydrogen (secondary N) is 2. The average Bonchev–Trinajstić information content (AvgIpc) is 3.13. The molecule has 2 N–H and O–H groups in total. The molecular formula is C16H21N5O2. The summed E-state index contributed by atoms with van der Waals surface area (Å²) in [6.45, 7) is 5.30. The van der Waals surface area contributed by atoms with E-state index in [1.807, 2.05) is 0 Å². The topological polar surface area (TPSA) is 92.7 Å². The molecule has 1 amide bonds. The van der Waals surface area contributed by atoms with Gasteiger partial charge in [0.05, 0.1) is 17.5 Å². The van der Waals surface area contributed by atoms with Crippen LogP contribution in [0.4, 0.5) is 0 Å². The van der Waals surface area contributed by atoms with Crippen LogP contribution in [0.25, 0.3) is 5.95 Å². The summed E-state index contributed by atoms with van der Waals surface area (Å²) in [5.41, 5.74) is 2.21. The summed E-state index contributed by atoms with van der Waals surface area (Å²) in [6.07, 6.45) is 5.92. The fraction of sp³-hybridized carbons (Fsp3) is 0.500. The Balaban J connectivity index is 1.90. The Hall–Kier alpha value is -2.44. The quantitative estimate of drug-likeness (QED) is 0.899. The van der Waals surface area contributed by atoms with E-state index >= 15 is 0 Å². The van der Waals surface area contributed by atoms with Crippen LogP contribution in [-0.2, 0) is 0 Å². The van der Waals surface area contributed by atoms with Gasteiger partial charge in [-0.3, -0.25) is 14.6 Å². The molecule has 23 heavy (non-hydrogen) atoms. The van der Waals surface area contributed by atoms with Crippen molar-refractivity contribution in [1.29, 1.82) is 0 Å². The molecule has 1 aliphatic rings. The van der Waals surface area contributed by atoms with E-state index in [1.54, 1.807) is 20.8 Å². The lowest BCUT2D eigenvalue weighted by Gasteiger charge is -2.11. The van der Waals surface area contributed by atoms with Crippen molar-refractivity contribution in [2.45, 2.75) is 52.5 Å². The van der Waals surface area contributed by atoms with Crippen molar-refractivity contribution >= 4 is 5.91 Å². The number of aryl methyl sites for hydroxylation is 1. The summed E-state index contributed by atoms with van der Waals surface area (Å²) in [7, 11) is 0. The van der Waals surface area contributed by atoms with Crippen molar-refractivity contribution < 1.29 is 4.79 Å². The van der Waals surface area contributed by atoms with Gasteiger partial charge < -0.3 is 5.32 Å². The van der Waals surface area contributed by atoms with Crippen LogP contribution >= 0.6 is 0 Å². The number of rotatable bonds is 3. The van der Waals surface area contributed by atoms with E-state index in [-0.39, 0.29) is 17.5 Å². The standard InChI is InChI=1S/C16H21N5O2/c1-9-10(2)18-16(20-14(9)22)21-11(3)13(8-17-21)15(23)19-12-6-4-5-7-12/h8,12H,4-7H2,1-3H3,(H,19,23)(H,18,20,22). The first kappa shape index (κ1) is 15.5. The third-order valence-electron chi connectivity index (χ3n) is 4.53. The van der Waals surface area contributed by atoms with Gasteiger partial charge in [-0.15, -0.1) is 0 Å². The number of nitrogens with zero attached hydrogens (tertiary/aromatic N) is 3. The highest BCUT2D eigenvalue weighted by atomic mass is 16.1. The molecule has 122 valence electrons. The second kappa shape index (κ2) is 5.98. The van der Waals surface area contributed by atoms with Crippen LogP contribution in [-0.4, -0.2) is 31.7 Å². The molecule has 2 heterocycles. The Morgan fingerprint density at radius 3 is 2.65 bits per heavy atom. The molecule has 0 aromatic carbocycles. The maximum Gasteiger partial charge on any atom is 0.255 e. The molecule has 1 aliphatic carbocycles. The molecule has 2 aromatic rings. The van der Waals surface area contributed by atoms with Gasteiger partial charge in [0.15, 0.2) is 0 Å². The Bertz CT molecular complexity index is 799. The van der Waals surface area contributed by atoms with Gasteiger partial charge in [-0.1, -0.05) is 12.8 Å². The summed E-state index contributed by atoms with van der Waals surface area (Å²) in [5, 5.41) is 7.26. The monoisotopic (exact) mass is 315 g/mol. The first-order valence-corrected chi connectivity index (χ1v) is 7.90. The molecule has 7 heteroatoms. The summed E-state index contributed by atoms with van der Waals surface area (Å²) in [6, 6.07) is 0.254. The highest BCUT2D eigenvalue weighted by Crippen LogP contribution is 2.19. The highest BCUT2D eigenvalue weighted by Gasteiger charge is 2.21. The van der Waals surface area contributed by atoms with Gasteiger partial charge in [-0.2, -0.15) is 5.10 Å². The van der Waals surface area contributed by atoms with Crippen molar-refractivity contribution in [3.63, 3.8) is 0 Å². The van der Waals surface area contributed by atoms with E-state index in [2.05, 4.69) is 20.4 Å². The van der Waals surface area contributed by atoms with Crippen molar-refractivity contribution in [3.05, 3.63) is 39.1 Å². The maximum absolute atomic E-state index is 12.4. The molecule has 3 rings (SSSR count). The number of carbonyl (C=O) groups excluding carboxylic acids is 1. The van der Waals surface area contributed by atoms with E-state index in [0.29, 0.717) is 28.5 Å². The van der Waals surface area contributed by atoms with Gasteiger partial charge in [-0.05, 0) is 33.6 Å². The smallest absolute Gasteiger partial charge is 0.255 e. The molecule has 0 bridgehead atoms. The minimum absolute atomic E-state index is 0.119. The van der Waals surface area contributed by atoms with Crippen LogP contribution < -0.4 is 10.9 Å². The van der Waals surface area contributed by atoms with Crippen LogP contribution in [0.3, 0.4) is 0 Å². The summed E-state index contributed by atoms with van der Waals surface area (Å²) < 4.78 is 1.50. The molecule has 1 fully saturated rings. The molecule has 0 unspecified atom stereocenters. The zero-order chi connectivity index (χ0) is 16.6. The van der Waals surface area contributed by atoms with Gasteiger partial charge in [0.1, 0.15) is 0 Å². The lowest BCUT2D eigenvalue weighted by atomic mass is 10.2. The Morgan fingerprint density at radius 2 is 2.00 bits per heavy atom. The lowest BCUT2D eigenvalue weighted by Crippen LogP contribution is -2.32. The number of hydrogen-bond acceptors (Lipinski definition) is 4. The van der Waals surface area contributed by atoms with Gasteiger partial charge in [0.2, 0.25) is 5.95 Å². The van der Waals surface area contributed by atoms with Crippen molar-refractivity contribution in [3.8, 4) is 5.95 Å². The third-order valence-corrected chi connectivity index (χ3v) is 4.53. The zero-order valence-corrected chi connectivity index (χ0v) is 13.6. The Kier molecular flexibility index (Phi) is 4.02. The first-order valence-electron chi connectivity index (χ1n) is 7.90. The third kappa shape index (κ3) is 2.91. The van der Waals surface area contributed by atoms with Crippen molar-refractivity contribution in [2.24, 2.45) is 0 Å². The number of hydrogen-bond donors (Lipinski definition) is 2. The normalized spacial score (nSPS) is 15.1. The fourth-order valence-corrected chi connectivity index (χ4v) is 2.91. The van der Waals surface area contributed by atoms with Gasteiger partial charge in [0.25, 0.3) is 11.5 Å². The molecule has 0 radical (unpaired) electrons. The molecule has 0 saturated heterocycles. The minimum atomic E-state index is -0.195. The SMILES string of the molecule is Cc1nc(-n2ncc(C(=O)NC3CCCC3)c2C)[nH]c(=O)c1C. The largest absolute Gasteiger partial charge is 0.349 e.